The molecule has 0 aromatic carbocycles. The Kier molecular flexibility index (Phi) is 8.61. The van der Waals surface area contributed by atoms with E-state index in [1.807, 2.05) is 30.5 Å². The number of nitrogens with zero attached hydrogens (tertiary/aromatic N) is 4. The zero-order valence-electron chi connectivity index (χ0n) is 21.6. The van der Waals surface area contributed by atoms with Gasteiger partial charge in [-0.2, -0.15) is 0 Å². The highest BCUT2D eigenvalue weighted by atomic mass is 15.2. The first-order chi connectivity index (χ1) is 16.1. The summed E-state index contributed by atoms with van der Waals surface area (Å²) in [6.45, 7) is 17.2. The van der Waals surface area contributed by atoms with Crippen LogP contribution in [0.2, 0.25) is 0 Å². The van der Waals surface area contributed by atoms with Gasteiger partial charge in [0.05, 0.1) is 17.1 Å². The van der Waals surface area contributed by atoms with Crippen molar-refractivity contribution in [2.75, 3.05) is 23.7 Å². The molecule has 2 N–H and O–H groups in total. The summed E-state index contributed by atoms with van der Waals surface area (Å²) in [5.41, 5.74) is 3.47. The van der Waals surface area contributed by atoms with E-state index < -0.39 is 0 Å². The minimum Gasteiger partial charge on any atom is -0.370 e. The molecule has 0 bridgehead atoms. The molecule has 6 nitrogen and oxygen atoms in total. The second-order valence-corrected chi connectivity index (χ2v) is 11.3. The molecule has 0 saturated carbocycles. The van der Waals surface area contributed by atoms with Crippen LogP contribution in [-0.2, 0) is 19.6 Å². The van der Waals surface area contributed by atoms with Gasteiger partial charge in [-0.1, -0.05) is 59.7 Å². The molecule has 182 valence electrons. The molecule has 0 amide bonds. The van der Waals surface area contributed by atoms with Gasteiger partial charge in [0.15, 0.2) is 0 Å². The van der Waals surface area contributed by atoms with E-state index in [4.69, 9.17) is 9.97 Å². The molecule has 0 spiro atoms. The smallest absolute Gasteiger partial charge is 0.126 e. The second-order valence-electron chi connectivity index (χ2n) is 11.3. The summed E-state index contributed by atoms with van der Waals surface area (Å²) in [7, 11) is 0. The van der Waals surface area contributed by atoms with E-state index in [-0.39, 0.29) is 10.8 Å². The SMILES string of the molecule is CC(C)(C)CNc1cccc(CN(Cc2ccccn2)Cc2cccc(NCC(C)(C)C)n2)n1. The number of aromatic nitrogens is 3. The highest BCUT2D eigenvalue weighted by Crippen LogP contribution is 2.18. The number of hydrogen-bond acceptors (Lipinski definition) is 6. The van der Waals surface area contributed by atoms with Crippen molar-refractivity contribution in [2.24, 2.45) is 10.8 Å². The Balaban J connectivity index is 1.75. The fraction of sp³-hybridized carbons (Fsp3) is 0.464. The predicted molar refractivity (Wildman–Crippen MR) is 142 cm³/mol. The Morgan fingerprint density at radius 1 is 0.618 bits per heavy atom. The van der Waals surface area contributed by atoms with Crippen LogP contribution in [0.1, 0.15) is 58.6 Å². The molecule has 0 radical (unpaired) electrons. The minimum absolute atomic E-state index is 0.195. The zero-order chi connectivity index (χ0) is 24.6. The fourth-order valence-electron chi connectivity index (χ4n) is 3.39. The summed E-state index contributed by atoms with van der Waals surface area (Å²) < 4.78 is 0. The van der Waals surface area contributed by atoms with Gasteiger partial charge in [-0.3, -0.25) is 9.88 Å². The molecule has 0 atom stereocenters. The lowest BCUT2D eigenvalue weighted by Gasteiger charge is -2.23. The molecule has 3 rings (SSSR count). The van der Waals surface area contributed by atoms with Crippen LogP contribution in [0.4, 0.5) is 11.6 Å². The lowest BCUT2D eigenvalue weighted by molar-refractivity contribution is 0.239. The normalized spacial score (nSPS) is 12.1. The molecule has 0 aliphatic heterocycles. The molecule has 34 heavy (non-hydrogen) atoms. The lowest BCUT2D eigenvalue weighted by Crippen LogP contribution is -2.25. The third kappa shape index (κ3) is 9.48. The van der Waals surface area contributed by atoms with Gasteiger partial charge in [0.2, 0.25) is 0 Å². The van der Waals surface area contributed by atoms with Crippen LogP contribution in [0, 0.1) is 10.8 Å². The van der Waals surface area contributed by atoms with Gasteiger partial charge in [-0.25, -0.2) is 9.97 Å². The van der Waals surface area contributed by atoms with Gasteiger partial charge in [-0.05, 0) is 47.2 Å². The summed E-state index contributed by atoms with van der Waals surface area (Å²) in [6.07, 6.45) is 1.85. The van der Waals surface area contributed by atoms with Crippen LogP contribution in [0.5, 0.6) is 0 Å². The van der Waals surface area contributed by atoms with E-state index in [0.29, 0.717) is 13.1 Å². The van der Waals surface area contributed by atoms with E-state index in [9.17, 15) is 0 Å². The van der Waals surface area contributed by atoms with Crippen molar-refractivity contribution < 1.29 is 0 Å². The van der Waals surface area contributed by atoms with Crippen LogP contribution in [0.15, 0.2) is 60.8 Å². The van der Waals surface area contributed by atoms with Gasteiger partial charge >= 0.3 is 0 Å². The number of rotatable bonds is 10. The fourth-order valence-corrected chi connectivity index (χ4v) is 3.39. The van der Waals surface area contributed by atoms with Gasteiger partial charge in [0.1, 0.15) is 11.6 Å². The summed E-state index contributed by atoms with van der Waals surface area (Å²) >= 11 is 0. The molecule has 0 aliphatic carbocycles. The number of nitrogens with one attached hydrogen (secondary N) is 2. The lowest BCUT2D eigenvalue weighted by atomic mass is 9.97. The van der Waals surface area contributed by atoms with Gasteiger partial charge in [-0.15, -0.1) is 0 Å². The van der Waals surface area contributed by atoms with Crippen LogP contribution < -0.4 is 10.6 Å². The Hall–Kier alpha value is -2.99. The Morgan fingerprint density at radius 3 is 1.53 bits per heavy atom. The maximum Gasteiger partial charge on any atom is 0.126 e. The maximum absolute atomic E-state index is 4.87. The molecule has 0 aliphatic rings. The summed E-state index contributed by atoms with van der Waals surface area (Å²) in [4.78, 5) is 16.6. The first-order valence-electron chi connectivity index (χ1n) is 12.1. The van der Waals surface area contributed by atoms with Gasteiger partial charge in [0.25, 0.3) is 0 Å². The quantitative estimate of drug-likeness (QED) is 0.387. The number of anilines is 2. The standard InChI is InChI=1S/C28H40N6/c1-27(2,3)20-30-25-14-9-12-23(32-25)18-34(17-22-11-7-8-16-29-22)19-24-13-10-15-26(33-24)31-21-28(4,5)6/h7-16H,17-21H2,1-6H3,(H,30,32)(H,31,33). The molecule has 0 unspecified atom stereocenters. The van der Waals surface area contributed by atoms with Crippen molar-refractivity contribution in [2.45, 2.75) is 61.2 Å². The van der Waals surface area contributed by atoms with Crippen molar-refractivity contribution in [3.8, 4) is 0 Å². The summed E-state index contributed by atoms with van der Waals surface area (Å²) in [6, 6.07) is 18.4. The molecular formula is C28H40N6. The van der Waals surface area contributed by atoms with Crippen molar-refractivity contribution >= 4 is 11.6 Å². The largest absolute Gasteiger partial charge is 0.370 e. The highest BCUT2D eigenvalue weighted by Gasteiger charge is 2.14. The number of pyridine rings is 3. The topological polar surface area (TPSA) is 66.0 Å². The maximum atomic E-state index is 4.87. The molecule has 0 fully saturated rings. The molecule has 3 aromatic heterocycles. The molecule has 0 saturated heterocycles. The van der Waals surface area contributed by atoms with E-state index in [1.165, 1.54) is 0 Å². The Bertz CT molecular complexity index is 957. The summed E-state index contributed by atoms with van der Waals surface area (Å²) in [5.74, 6) is 1.83. The van der Waals surface area contributed by atoms with E-state index in [2.05, 4.69) is 92.4 Å². The van der Waals surface area contributed by atoms with Crippen LogP contribution in [-0.4, -0.2) is 32.9 Å². The predicted octanol–water partition coefficient (Wildman–Crippen LogP) is 5.99. The third-order valence-electron chi connectivity index (χ3n) is 5.10. The Labute approximate surface area is 205 Å². The van der Waals surface area contributed by atoms with Crippen molar-refractivity contribution in [3.63, 3.8) is 0 Å². The second kappa shape index (κ2) is 11.4. The third-order valence-corrected chi connectivity index (χ3v) is 5.10. The van der Waals surface area contributed by atoms with E-state index in [0.717, 1.165) is 48.4 Å². The average Bonchev–Trinajstić information content (AvgIpc) is 2.77. The van der Waals surface area contributed by atoms with Gasteiger partial charge < -0.3 is 10.6 Å². The van der Waals surface area contributed by atoms with Crippen LogP contribution >= 0.6 is 0 Å². The van der Waals surface area contributed by atoms with E-state index in [1.54, 1.807) is 0 Å². The first kappa shape index (κ1) is 25.6. The Morgan fingerprint density at radius 2 is 1.09 bits per heavy atom. The zero-order valence-corrected chi connectivity index (χ0v) is 21.6. The van der Waals surface area contributed by atoms with Gasteiger partial charge in [0, 0.05) is 38.9 Å². The molecular weight excluding hydrogens is 420 g/mol. The van der Waals surface area contributed by atoms with Crippen LogP contribution in [0.3, 0.4) is 0 Å². The van der Waals surface area contributed by atoms with Crippen molar-refractivity contribution in [1.29, 1.82) is 0 Å². The monoisotopic (exact) mass is 460 g/mol. The minimum atomic E-state index is 0.195. The molecule has 6 heteroatoms. The first-order valence-corrected chi connectivity index (χ1v) is 12.1. The number of hydrogen-bond donors (Lipinski definition) is 2. The molecule has 3 aromatic rings. The average molecular weight is 461 g/mol. The summed E-state index contributed by atoms with van der Waals surface area (Å²) in [5, 5.41) is 6.94. The highest BCUT2D eigenvalue weighted by molar-refractivity contribution is 5.36. The van der Waals surface area contributed by atoms with Crippen molar-refractivity contribution in [3.05, 3.63) is 77.9 Å². The molecule has 3 heterocycles. The van der Waals surface area contributed by atoms with Crippen LogP contribution in [0.25, 0.3) is 0 Å². The van der Waals surface area contributed by atoms with E-state index >= 15 is 0 Å². The van der Waals surface area contributed by atoms with Crippen molar-refractivity contribution in [1.82, 2.24) is 19.9 Å².